The first kappa shape index (κ1) is 23.3. The molecule has 0 spiro atoms. The Hall–Kier alpha value is -3.44. The number of hydrogen-bond acceptors (Lipinski definition) is 8. The summed E-state index contributed by atoms with van der Waals surface area (Å²) >= 11 is 0. The van der Waals surface area contributed by atoms with E-state index >= 15 is 0 Å². The van der Waals surface area contributed by atoms with E-state index in [-0.39, 0.29) is 26.2 Å². The molecule has 2 saturated heterocycles. The molecule has 9 nitrogen and oxygen atoms in total. The summed E-state index contributed by atoms with van der Waals surface area (Å²) in [6, 6.07) is 10.2. The third-order valence-electron chi connectivity index (χ3n) is 6.24. The first-order valence-electron chi connectivity index (χ1n) is 11.7. The Bertz CT molecular complexity index is 1170. The molecule has 4 heterocycles. The standard InChI is InChI=1S/C24H27F2N7O2/c25-22(26)24(34)33-11-12-35-18(15-33)14-30-23-21-20(28-5-6-29-21)13-19(31-23)16-1-3-17(4-2-16)32-9-7-27-8-10-32/h1-6,13,18,22,27H,7-12,14-15H2,(H,30,31)/t18-/m1/s1. The van der Waals surface area contributed by atoms with Crippen LogP contribution in [0.15, 0.2) is 42.7 Å². The number of halogens is 2. The third kappa shape index (κ3) is 5.30. The van der Waals surface area contributed by atoms with Gasteiger partial charge in [0.05, 0.1) is 23.9 Å². The lowest BCUT2D eigenvalue weighted by atomic mass is 10.1. The van der Waals surface area contributed by atoms with Gasteiger partial charge in [-0.05, 0) is 18.2 Å². The quantitative estimate of drug-likeness (QED) is 0.550. The van der Waals surface area contributed by atoms with Crippen molar-refractivity contribution in [2.24, 2.45) is 0 Å². The molecule has 1 atom stereocenters. The van der Waals surface area contributed by atoms with Gasteiger partial charge in [-0.3, -0.25) is 9.78 Å². The van der Waals surface area contributed by atoms with Crippen molar-refractivity contribution in [3.05, 3.63) is 42.7 Å². The number of fused-ring (bicyclic) bond motifs is 1. The van der Waals surface area contributed by atoms with Gasteiger partial charge in [-0.1, -0.05) is 12.1 Å². The second-order valence-corrected chi connectivity index (χ2v) is 8.52. The SMILES string of the molecule is O=C(C(F)F)N1CCO[C@H](CNc2nc(-c3ccc(N4CCNCC4)cc3)cc3nccnc23)C1. The summed E-state index contributed by atoms with van der Waals surface area (Å²) in [5.74, 6) is -0.642. The number of alkyl halides is 2. The van der Waals surface area contributed by atoms with Crippen molar-refractivity contribution in [2.45, 2.75) is 12.5 Å². The molecule has 1 amide bonds. The number of morpholine rings is 1. The van der Waals surface area contributed by atoms with Gasteiger partial charge in [0, 0.05) is 69.5 Å². The van der Waals surface area contributed by atoms with Crippen molar-refractivity contribution < 1.29 is 18.3 Å². The number of carbonyl (C=O) groups is 1. The van der Waals surface area contributed by atoms with Gasteiger partial charge in [-0.15, -0.1) is 0 Å². The molecule has 0 saturated carbocycles. The average molecular weight is 484 g/mol. The molecule has 35 heavy (non-hydrogen) atoms. The number of aromatic nitrogens is 3. The zero-order valence-corrected chi connectivity index (χ0v) is 19.2. The third-order valence-corrected chi connectivity index (χ3v) is 6.24. The number of benzene rings is 1. The number of ether oxygens (including phenoxy) is 1. The average Bonchev–Trinajstić information content (AvgIpc) is 2.92. The van der Waals surface area contributed by atoms with Gasteiger partial charge in [-0.2, -0.15) is 8.78 Å². The maximum absolute atomic E-state index is 12.8. The van der Waals surface area contributed by atoms with Crippen molar-refractivity contribution in [2.75, 3.05) is 62.6 Å². The van der Waals surface area contributed by atoms with E-state index in [1.54, 1.807) is 12.4 Å². The molecule has 2 aromatic heterocycles. The molecule has 3 aromatic rings. The second kappa shape index (κ2) is 10.4. The Kier molecular flexibility index (Phi) is 6.96. The van der Waals surface area contributed by atoms with Crippen molar-refractivity contribution in [1.29, 1.82) is 0 Å². The van der Waals surface area contributed by atoms with E-state index < -0.39 is 18.4 Å². The van der Waals surface area contributed by atoms with Crippen molar-refractivity contribution in [3.8, 4) is 11.3 Å². The highest BCUT2D eigenvalue weighted by atomic mass is 19.3. The molecule has 11 heteroatoms. The number of anilines is 2. The van der Waals surface area contributed by atoms with Crippen LogP contribution in [0.4, 0.5) is 20.3 Å². The zero-order valence-electron chi connectivity index (χ0n) is 19.2. The molecule has 1 aromatic carbocycles. The van der Waals surface area contributed by atoms with Crippen LogP contribution >= 0.6 is 0 Å². The summed E-state index contributed by atoms with van der Waals surface area (Å²) in [5.41, 5.74) is 4.15. The van der Waals surface area contributed by atoms with E-state index in [0.717, 1.165) is 42.3 Å². The number of pyridine rings is 1. The van der Waals surface area contributed by atoms with Crippen LogP contribution in [0.2, 0.25) is 0 Å². The Morgan fingerprint density at radius 1 is 1.14 bits per heavy atom. The van der Waals surface area contributed by atoms with Gasteiger partial charge in [0.2, 0.25) is 0 Å². The lowest BCUT2D eigenvalue weighted by molar-refractivity contribution is -0.149. The fourth-order valence-electron chi connectivity index (χ4n) is 4.40. The van der Waals surface area contributed by atoms with Crippen LogP contribution in [-0.2, 0) is 9.53 Å². The van der Waals surface area contributed by atoms with Crippen molar-refractivity contribution in [1.82, 2.24) is 25.2 Å². The summed E-state index contributed by atoms with van der Waals surface area (Å²) in [6.07, 6.45) is -0.238. The largest absolute Gasteiger partial charge is 0.373 e. The Morgan fingerprint density at radius 3 is 2.69 bits per heavy atom. The predicted octanol–water partition coefficient (Wildman–Crippen LogP) is 2.01. The van der Waals surface area contributed by atoms with E-state index in [9.17, 15) is 13.6 Å². The fourth-order valence-corrected chi connectivity index (χ4v) is 4.40. The number of carbonyl (C=O) groups excluding carboxylic acids is 1. The van der Waals surface area contributed by atoms with Gasteiger partial charge in [-0.25, -0.2) is 9.97 Å². The van der Waals surface area contributed by atoms with E-state index in [4.69, 9.17) is 9.72 Å². The number of amides is 1. The first-order valence-corrected chi connectivity index (χ1v) is 11.7. The van der Waals surface area contributed by atoms with Crippen LogP contribution in [0.1, 0.15) is 0 Å². The van der Waals surface area contributed by atoms with E-state index in [2.05, 4.69) is 37.6 Å². The maximum atomic E-state index is 12.8. The molecule has 184 valence electrons. The highest BCUT2D eigenvalue weighted by Gasteiger charge is 2.29. The minimum atomic E-state index is -3.02. The summed E-state index contributed by atoms with van der Waals surface area (Å²) in [7, 11) is 0. The fraction of sp³-hybridized carbons (Fsp3) is 0.417. The number of nitrogens with one attached hydrogen (secondary N) is 2. The lowest BCUT2D eigenvalue weighted by Gasteiger charge is -2.33. The maximum Gasteiger partial charge on any atom is 0.315 e. The molecule has 2 aliphatic rings. The lowest BCUT2D eigenvalue weighted by Crippen LogP contribution is -2.49. The predicted molar refractivity (Wildman–Crippen MR) is 129 cm³/mol. The van der Waals surface area contributed by atoms with Crippen LogP contribution < -0.4 is 15.5 Å². The summed E-state index contributed by atoms with van der Waals surface area (Å²) in [5, 5.41) is 6.60. The van der Waals surface area contributed by atoms with Crippen LogP contribution in [0.25, 0.3) is 22.3 Å². The van der Waals surface area contributed by atoms with E-state index in [1.807, 2.05) is 18.2 Å². The van der Waals surface area contributed by atoms with Crippen LogP contribution in [0.5, 0.6) is 0 Å². The zero-order chi connectivity index (χ0) is 24.2. The van der Waals surface area contributed by atoms with E-state index in [0.29, 0.717) is 16.9 Å². The minimum absolute atomic E-state index is 0.0902. The van der Waals surface area contributed by atoms with Gasteiger partial charge in [0.1, 0.15) is 5.52 Å². The normalized spacial score (nSPS) is 18.8. The minimum Gasteiger partial charge on any atom is -0.373 e. The molecule has 2 N–H and O–H groups in total. The number of nitrogens with zero attached hydrogens (tertiary/aromatic N) is 5. The number of rotatable bonds is 6. The summed E-state index contributed by atoms with van der Waals surface area (Å²) < 4.78 is 31.3. The van der Waals surface area contributed by atoms with Crippen LogP contribution in [0, 0.1) is 0 Å². The Labute approximate surface area is 201 Å². The van der Waals surface area contributed by atoms with Gasteiger partial charge < -0.3 is 25.2 Å². The highest BCUT2D eigenvalue weighted by molar-refractivity contribution is 5.88. The molecule has 2 fully saturated rings. The van der Waals surface area contributed by atoms with Crippen LogP contribution in [0.3, 0.4) is 0 Å². The molecule has 2 aliphatic heterocycles. The topological polar surface area (TPSA) is 95.5 Å². The van der Waals surface area contributed by atoms with Crippen LogP contribution in [-0.4, -0.2) is 90.7 Å². The van der Waals surface area contributed by atoms with E-state index in [1.165, 1.54) is 5.69 Å². The molecule has 0 bridgehead atoms. The highest BCUT2D eigenvalue weighted by Crippen LogP contribution is 2.27. The van der Waals surface area contributed by atoms with Gasteiger partial charge >= 0.3 is 6.43 Å². The Morgan fingerprint density at radius 2 is 1.91 bits per heavy atom. The first-order chi connectivity index (χ1) is 17.1. The molecule has 0 radical (unpaired) electrons. The molecule has 5 rings (SSSR count). The number of hydrogen-bond donors (Lipinski definition) is 2. The Balaban J connectivity index is 1.35. The number of piperazine rings is 1. The molecule has 0 unspecified atom stereocenters. The summed E-state index contributed by atoms with van der Waals surface area (Å²) in [6.45, 7) is 4.64. The van der Waals surface area contributed by atoms with Gasteiger partial charge in [0.25, 0.3) is 5.91 Å². The second-order valence-electron chi connectivity index (χ2n) is 8.52. The monoisotopic (exact) mass is 483 g/mol. The molecule has 0 aliphatic carbocycles. The van der Waals surface area contributed by atoms with Gasteiger partial charge in [0.15, 0.2) is 5.82 Å². The van der Waals surface area contributed by atoms with Crippen molar-refractivity contribution in [3.63, 3.8) is 0 Å². The molecular weight excluding hydrogens is 456 g/mol. The summed E-state index contributed by atoms with van der Waals surface area (Å²) in [4.78, 5) is 28.8. The van der Waals surface area contributed by atoms with Crippen molar-refractivity contribution >= 4 is 28.4 Å². The smallest absolute Gasteiger partial charge is 0.315 e. The molecular formula is C24H27F2N7O2.